The monoisotopic (exact) mass is 484 g/mol. The highest BCUT2D eigenvalue weighted by atomic mass is 32.2. The van der Waals surface area contributed by atoms with Crippen LogP contribution >= 0.6 is 0 Å². The number of ether oxygens (including phenoxy) is 1. The van der Waals surface area contributed by atoms with Crippen molar-refractivity contribution in [3.8, 4) is 17.4 Å². The van der Waals surface area contributed by atoms with Crippen LogP contribution in [0.25, 0.3) is 22.4 Å². The van der Waals surface area contributed by atoms with Gasteiger partial charge in [-0.1, -0.05) is 0 Å². The number of fused-ring (bicyclic) bond motifs is 1. The lowest BCUT2D eigenvalue weighted by molar-refractivity contribution is 0.185. The molecule has 1 aliphatic rings. The van der Waals surface area contributed by atoms with Gasteiger partial charge in [0.05, 0.1) is 41.5 Å². The van der Waals surface area contributed by atoms with Gasteiger partial charge in [-0.15, -0.1) is 0 Å². The number of nitrogens with zero attached hydrogens (tertiary/aromatic N) is 7. The predicted octanol–water partition coefficient (Wildman–Crippen LogP) is 2.12. The summed E-state index contributed by atoms with van der Waals surface area (Å²) < 4.78 is 33.3. The molecular weight excluding hydrogens is 460 g/mol. The Morgan fingerprint density at radius 2 is 2.03 bits per heavy atom. The molecule has 0 aliphatic heterocycles. The van der Waals surface area contributed by atoms with Crippen molar-refractivity contribution in [2.75, 3.05) is 18.5 Å². The summed E-state index contributed by atoms with van der Waals surface area (Å²) in [5.41, 5.74) is 1.99. The predicted molar refractivity (Wildman–Crippen MR) is 124 cm³/mol. The summed E-state index contributed by atoms with van der Waals surface area (Å²) in [5.74, 6) is 1.37. The number of anilines is 2. The summed E-state index contributed by atoms with van der Waals surface area (Å²) in [6, 6.07) is 4.02. The smallest absolute Gasteiger partial charge is 0.297 e. The molecule has 0 spiro atoms. The fourth-order valence-corrected chi connectivity index (χ4v) is 5.04. The Hall–Kier alpha value is -3.58. The topological polar surface area (TPSA) is 150 Å². The molecule has 0 amide bonds. The number of pyridine rings is 1. The number of hydrogen-bond acceptors (Lipinski definition) is 10. The minimum Gasteiger partial charge on any atom is -0.462 e. The second-order valence-electron chi connectivity index (χ2n) is 8.22. The first-order chi connectivity index (χ1) is 16.4. The van der Waals surface area contributed by atoms with Crippen LogP contribution < -0.4 is 10.1 Å². The van der Waals surface area contributed by atoms with Gasteiger partial charge >= 0.3 is 0 Å². The van der Waals surface area contributed by atoms with Gasteiger partial charge in [-0.25, -0.2) is 23.4 Å². The van der Waals surface area contributed by atoms with Gasteiger partial charge in [0.15, 0.2) is 5.82 Å². The second kappa shape index (κ2) is 8.65. The molecule has 12 nitrogen and oxygen atoms in total. The number of hydrogen-bond donors (Lipinski definition) is 2. The standard InChI is InChI=1S/C21H24N8O4S/c1-13(2)29-17-9-19(23-11-16(17)25-21(29)33-8-7-30)26-18-5-6-22-20(27-18)14-10-24-28(12-14)34(31,32)15-3-4-15/h5-6,9-13,15,30H,3-4,7-8H2,1-2H3,(H,22,23,26,27). The van der Waals surface area contributed by atoms with Crippen LogP contribution in [0.15, 0.2) is 36.9 Å². The number of nitrogens with one attached hydrogen (secondary N) is 1. The molecule has 0 saturated heterocycles. The minimum absolute atomic E-state index is 0.0723. The largest absolute Gasteiger partial charge is 0.462 e. The van der Waals surface area contributed by atoms with Crippen LogP contribution in [0.4, 0.5) is 11.6 Å². The molecule has 34 heavy (non-hydrogen) atoms. The fourth-order valence-electron chi connectivity index (χ4n) is 3.56. The number of aliphatic hydroxyl groups is 1. The van der Waals surface area contributed by atoms with Crippen molar-refractivity contribution in [1.29, 1.82) is 0 Å². The Morgan fingerprint density at radius 1 is 1.21 bits per heavy atom. The maximum Gasteiger partial charge on any atom is 0.297 e. The van der Waals surface area contributed by atoms with Crippen molar-refractivity contribution in [3.05, 3.63) is 36.9 Å². The Kier molecular flexibility index (Phi) is 5.65. The third kappa shape index (κ3) is 4.19. The van der Waals surface area contributed by atoms with Gasteiger partial charge in [0.2, 0.25) is 0 Å². The van der Waals surface area contributed by atoms with Gasteiger partial charge in [0.25, 0.3) is 16.0 Å². The van der Waals surface area contributed by atoms with Crippen molar-refractivity contribution in [2.24, 2.45) is 0 Å². The molecule has 5 rings (SSSR count). The third-order valence-electron chi connectivity index (χ3n) is 5.32. The SMILES string of the molecule is CC(C)n1c(OCCO)nc2cnc(Nc3ccnc(-c4cnn(S(=O)(=O)C5CC5)c4)n3)cc21. The molecule has 1 fully saturated rings. The maximum atomic E-state index is 12.4. The van der Waals surface area contributed by atoms with E-state index in [0.717, 1.165) is 9.60 Å². The Balaban J connectivity index is 1.42. The number of rotatable bonds is 9. The van der Waals surface area contributed by atoms with Crippen LogP contribution in [0, 0.1) is 0 Å². The molecule has 0 bridgehead atoms. The van der Waals surface area contributed by atoms with E-state index in [9.17, 15) is 8.42 Å². The van der Waals surface area contributed by atoms with Crippen molar-refractivity contribution in [2.45, 2.75) is 38.0 Å². The summed E-state index contributed by atoms with van der Waals surface area (Å²) in [5, 5.41) is 15.9. The molecule has 0 atom stereocenters. The quantitative estimate of drug-likeness (QED) is 0.361. The maximum absolute atomic E-state index is 12.4. The van der Waals surface area contributed by atoms with E-state index in [1.54, 1.807) is 18.5 Å². The summed E-state index contributed by atoms with van der Waals surface area (Å²) in [7, 11) is -3.46. The van der Waals surface area contributed by atoms with Gasteiger partial charge in [0.1, 0.15) is 23.8 Å². The molecule has 1 aliphatic carbocycles. The molecule has 4 aromatic heterocycles. The van der Waals surface area contributed by atoms with Crippen LogP contribution in [0.2, 0.25) is 0 Å². The van der Waals surface area contributed by atoms with E-state index >= 15 is 0 Å². The van der Waals surface area contributed by atoms with Crippen LogP contribution in [-0.2, 0) is 10.0 Å². The Morgan fingerprint density at radius 3 is 2.76 bits per heavy atom. The van der Waals surface area contributed by atoms with E-state index in [0.29, 0.717) is 47.4 Å². The summed E-state index contributed by atoms with van der Waals surface area (Å²) in [4.78, 5) is 17.6. The molecule has 13 heteroatoms. The van der Waals surface area contributed by atoms with Gasteiger partial charge in [-0.05, 0) is 32.8 Å². The zero-order valence-electron chi connectivity index (χ0n) is 18.7. The molecule has 4 heterocycles. The first-order valence-corrected chi connectivity index (χ1v) is 12.4. The molecule has 4 aromatic rings. The van der Waals surface area contributed by atoms with Gasteiger partial charge < -0.3 is 15.2 Å². The molecule has 0 radical (unpaired) electrons. The van der Waals surface area contributed by atoms with Crippen LogP contribution in [0.1, 0.15) is 32.7 Å². The third-order valence-corrected chi connectivity index (χ3v) is 7.35. The van der Waals surface area contributed by atoms with Crippen molar-refractivity contribution < 1.29 is 18.3 Å². The lowest BCUT2D eigenvalue weighted by Crippen LogP contribution is -2.17. The van der Waals surface area contributed by atoms with Crippen molar-refractivity contribution >= 4 is 32.7 Å². The highest BCUT2D eigenvalue weighted by Gasteiger charge is 2.37. The minimum atomic E-state index is -3.46. The molecular formula is C21H24N8O4S. The van der Waals surface area contributed by atoms with Crippen LogP contribution in [0.5, 0.6) is 6.01 Å². The zero-order chi connectivity index (χ0) is 23.9. The average molecular weight is 485 g/mol. The summed E-state index contributed by atoms with van der Waals surface area (Å²) in [6.45, 7) is 4.08. The molecule has 2 N–H and O–H groups in total. The molecule has 178 valence electrons. The number of aromatic nitrogens is 7. The van der Waals surface area contributed by atoms with Crippen molar-refractivity contribution in [1.82, 2.24) is 33.7 Å². The lowest BCUT2D eigenvalue weighted by atomic mass is 10.3. The van der Waals surface area contributed by atoms with E-state index in [1.165, 1.54) is 12.4 Å². The lowest BCUT2D eigenvalue weighted by Gasteiger charge is -2.13. The highest BCUT2D eigenvalue weighted by Crippen LogP contribution is 2.31. The van der Waals surface area contributed by atoms with Crippen molar-refractivity contribution in [3.63, 3.8) is 0 Å². The van der Waals surface area contributed by atoms with E-state index < -0.39 is 10.0 Å². The van der Waals surface area contributed by atoms with E-state index in [-0.39, 0.29) is 24.5 Å². The highest BCUT2D eigenvalue weighted by molar-refractivity contribution is 7.90. The first kappa shape index (κ1) is 22.2. The normalized spacial score (nSPS) is 14.1. The first-order valence-electron chi connectivity index (χ1n) is 10.9. The fraction of sp³-hybridized carbons (Fsp3) is 0.381. The number of imidazole rings is 1. The van der Waals surface area contributed by atoms with E-state index in [1.807, 2.05) is 24.5 Å². The Labute approximate surface area is 195 Å². The van der Waals surface area contributed by atoms with E-state index in [4.69, 9.17) is 9.84 Å². The Bertz CT molecular complexity index is 1440. The van der Waals surface area contributed by atoms with Gasteiger partial charge in [0, 0.05) is 18.3 Å². The van der Waals surface area contributed by atoms with Crippen LogP contribution in [-0.4, -0.2) is 65.7 Å². The van der Waals surface area contributed by atoms with Crippen LogP contribution in [0.3, 0.4) is 0 Å². The number of aliphatic hydroxyl groups excluding tert-OH is 1. The van der Waals surface area contributed by atoms with Gasteiger partial charge in [-0.3, -0.25) is 4.57 Å². The molecule has 0 aromatic carbocycles. The summed E-state index contributed by atoms with van der Waals surface area (Å²) in [6.07, 6.45) is 7.42. The zero-order valence-corrected chi connectivity index (χ0v) is 19.5. The average Bonchev–Trinajstić information content (AvgIpc) is 3.44. The van der Waals surface area contributed by atoms with Gasteiger partial charge in [-0.2, -0.15) is 14.2 Å². The van der Waals surface area contributed by atoms with E-state index in [2.05, 4.69) is 30.4 Å². The summed E-state index contributed by atoms with van der Waals surface area (Å²) >= 11 is 0. The molecule has 0 unspecified atom stereocenters. The molecule has 1 saturated carbocycles. The second-order valence-corrected chi connectivity index (χ2v) is 10.3.